The molecule has 1 aromatic heterocycles. The highest BCUT2D eigenvalue weighted by atomic mass is 19.1. The second kappa shape index (κ2) is 4.88. The fourth-order valence-corrected chi connectivity index (χ4v) is 1.77. The first-order valence-electron chi connectivity index (χ1n) is 5.39. The molecule has 0 saturated heterocycles. The average molecular weight is 245 g/mol. The van der Waals surface area contributed by atoms with Gasteiger partial charge < -0.3 is 9.30 Å². The summed E-state index contributed by atoms with van der Waals surface area (Å²) >= 11 is 0. The van der Waals surface area contributed by atoms with Crippen molar-refractivity contribution in [1.82, 2.24) is 9.55 Å². The number of halogens is 1. The molecular formula is C13H12FN3O. The SMILES string of the molecule is COc1ccc(-c2nc(CC#N)cn2C)cc1F. The van der Waals surface area contributed by atoms with Gasteiger partial charge in [0.2, 0.25) is 0 Å². The fourth-order valence-electron chi connectivity index (χ4n) is 1.77. The maximum atomic E-state index is 13.6. The number of ether oxygens (including phenoxy) is 1. The zero-order chi connectivity index (χ0) is 13.1. The van der Waals surface area contributed by atoms with Crippen LogP contribution in [0.5, 0.6) is 5.75 Å². The highest BCUT2D eigenvalue weighted by molar-refractivity contribution is 5.57. The minimum Gasteiger partial charge on any atom is -0.494 e. The summed E-state index contributed by atoms with van der Waals surface area (Å²) in [4.78, 5) is 4.30. The summed E-state index contributed by atoms with van der Waals surface area (Å²) < 4.78 is 20.2. The molecule has 18 heavy (non-hydrogen) atoms. The van der Waals surface area contributed by atoms with Gasteiger partial charge in [0.1, 0.15) is 5.82 Å². The lowest BCUT2D eigenvalue weighted by Crippen LogP contribution is -1.93. The summed E-state index contributed by atoms with van der Waals surface area (Å²) in [7, 11) is 3.23. The van der Waals surface area contributed by atoms with Crippen LogP contribution in [0.3, 0.4) is 0 Å². The van der Waals surface area contributed by atoms with Gasteiger partial charge >= 0.3 is 0 Å². The smallest absolute Gasteiger partial charge is 0.165 e. The van der Waals surface area contributed by atoms with E-state index in [2.05, 4.69) is 4.98 Å². The minimum atomic E-state index is -0.431. The van der Waals surface area contributed by atoms with Crippen molar-refractivity contribution in [2.24, 2.45) is 7.05 Å². The van der Waals surface area contributed by atoms with Crippen LogP contribution in [0.4, 0.5) is 4.39 Å². The number of benzene rings is 1. The molecule has 2 rings (SSSR count). The van der Waals surface area contributed by atoms with E-state index in [0.717, 1.165) is 0 Å². The Hall–Kier alpha value is -2.35. The third kappa shape index (κ3) is 2.18. The first-order chi connectivity index (χ1) is 8.65. The molecule has 0 bridgehead atoms. The molecule has 0 N–H and O–H groups in total. The summed E-state index contributed by atoms with van der Waals surface area (Å²) in [6, 6.07) is 6.70. The van der Waals surface area contributed by atoms with Gasteiger partial charge in [-0.3, -0.25) is 0 Å². The Labute approximate surface area is 104 Å². The third-order valence-electron chi connectivity index (χ3n) is 2.60. The van der Waals surface area contributed by atoms with E-state index < -0.39 is 5.82 Å². The normalized spacial score (nSPS) is 10.1. The van der Waals surface area contributed by atoms with Gasteiger partial charge in [0.25, 0.3) is 0 Å². The van der Waals surface area contributed by atoms with Crippen molar-refractivity contribution in [3.8, 4) is 23.2 Å². The molecule has 1 aromatic carbocycles. The van der Waals surface area contributed by atoms with E-state index >= 15 is 0 Å². The van der Waals surface area contributed by atoms with E-state index in [0.29, 0.717) is 17.1 Å². The summed E-state index contributed by atoms with van der Waals surface area (Å²) in [6.07, 6.45) is 2.01. The Morgan fingerprint density at radius 2 is 2.28 bits per heavy atom. The van der Waals surface area contributed by atoms with Crippen molar-refractivity contribution in [1.29, 1.82) is 5.26 Å². The number of aryl methyl sites for hydroxylation is 1. The summed E-state index contributed by atoms with van der Waals surface area (Å²) in [5, 5.41) is 8.63. The standard InChI is InChI=1S/C13H12FN3O/c1-17-8-10(5-6-15)16-13(17)9-3-4-12(18-2)11(14)7-9/h3-4,7-8H,5H2,1-2H3. The first-order valence-corrected chi connectivity index (χ1v) is 5.39. The lowest BCUT2D eigenvalue weighted by Gasteiger charge is -2.05. The van der Waals surface area contributed by atoms with Gasteiger partial charge in [0.15, 0.2) is 11.6 Å². The number of nitriles is 1. The predicted octanol–water partition coefficient (Wildman–Crippen LogP) is 2.30. The van der Waals surface area contributed by atoms with E-state index in [1.54, 1.807) is 22.9 Å². The summed E-state index contributed by atoms with van der Waals surface area (Å²) in [6.45, 7) is 0. The Morgan fingerprint density at radius 3 is 2.89 bits per heavy atom. The fraction of sp³-hybridized carbons (Fsp3) is 0.231. The van der Waals surface area contributed by atoms with Crippen LogP contribution in [0, 0.1) is 17.1 Å². The van der Waals surface area contributed by atoms with Crippen LogP contribution >= 0.6 is 0 Å². The van der Waals surface area contributed by atoms with Crippen molar-refractivity contribution < 1.29 is 9.13 Å². The number of imidazole rings is 1. The zero-order valence-electron chi connectivity index (χ0n) is 10.1. The van der Waals surface area contributed by atoms with Crippen LogP contribution in [-0.2, 0) is 13.5 Å². The van der Waals surface area contributed by atoms with E-state index in [4.69, 9.17) is 10.00 Å². The molecule has 0 aliphatic carbocycles. The van der Waals surface area contributed by atoms with Crippen LogP contribution in [0.25, 0.3) is 11.4 Å². The minimum absolute atomic E-state index is 0.199. The highest BCUT2D eigenvalue weighted by Crippen LogP contribution is 2.24. The van der Waals surface area contributed by atoms with Gasteiger partial charge in [-0.1, -0.05) is 0 Å². The molecule has 5 heteroatoms. The van der Waals surface area contributed by atoms with Crippen LogP contribution in [0.1, 0.15) is 5.69 Å². The highest BCUT2D eigenvalue weighted by Gasteiger charge is 2.10. The van der Waals surface area contributed by atoms with Crippen molar-refractivity contribution in [3.05, 3.63) is 35.9 Å². The van der Waals surface area contributed by atoms with Gasteiger partial charge in [0.05, 0.1) is 25.3 Å². The lowest BCUT2D eigenvalue weighted by molar-refractivity contribution is 0.386. The maximum absolute atomic E-state index is 13.6. The quantitative estimate of drug-likeness (QED) is 0.833. The van der Waals surface area contributed by atoms with Gasteiger partial charge in [-0.05, 0) is 18.2 Å². The zero-order valence-corrected chi connectivity index (χ0v) is 10.1. The van der Waals surface area contributed by atoms with Crippen molar-refractivity contribution in [2.75, 3.05) is 7.11 Å². The monoisotopic (exact) mass is 245 g/mol. The number of hydrogen-bond donors (Lipinski definition) is 0. The van der Waals surface area contributed by atoms with Gasteiger partial charge in [-0.2, -0.15) is 5.26 Å². The number of methoxy groups -OCH3 is 1. The Kier molecular flexibility index (Phi) is 3.28. The molecule has 0 aliphatic heterocycles. The predicted molar refractivity (Wildman–Crippen MR) is 64.5 cm³/mol. The van der Waals surface area contributed by atoms with E-state index in [1.807, 2.05) is 13.1 Å². The maximum Gasteiger partial charge on any atom is 0.165 e. The van der Waals surface area contributed by atoms with E-state index in [-0.39, 0.29) is 12.2 Å². The van der Waals surface area contributed by atoms with E-state index in [1.165, 1.54) is 13.2 Å². The van der Waals surface area contributed by atoms with Gasteiger partial charge in [0, 0.05) is 18.8 Å². The first kappa shape index (κ1) is 12.1. The topological polar surface area (TPSA) is 50.8 Å². The molecule has 0 spiro atoms. The third-order valence-corrected chi connectivity index (χ3v) is 2.60. The average Bonchev–Trinajstić information content (AvgIpc) is 2.71. The van der Waals surface area contributed by atoms with Crippen molar-refractivity contribution >= 4 is 0 Å². The summed E-state index contributed by atoms with van der Waals surface area (Å²) in [5.74, 6) is 0.395. The van der Waals surface area contributed by atoms with Crippen LogP contribution in [0.15, 0.2) is 24.4 Å². The molecule has 92 valence electrons. The molecule has 4 nitrogen and oxygen atoms in total. The summed E-state index contributed by atoms with van der Waals surface area (Å²) in [5.41, 5.74) is 1.33. The molecule has 0 unspecified atom stereocenters. The number of aromatic nitrogens is 2. The molecule has 0 saturated carbocycles. The molecule has 1 heterocycles. The van der Waals surface area contributed by atoms with Crippen molar-refractivity contribution in [2.45, 2.75) is 6.42 Å². The van der Waals surface area contributed by atoms with Crippen LogP contribution < -0.4 is 4.74 Å². The van der Waals surface area contributed by atoms with Crippen LogP contribution in [0.2, 0.25) is 0 Å². The largest absolute Gasteiger partial charge is 0.494 e. The molecule has 0 atom stereocenters. The lowest BCUT2D eigenvalue weighted by atomic mass is 10.2. The molecule has 0 radical (unpaired) electrons. The van der Waals surface area contributed by atoms with Gasteiger partial charge in [-0.15, -0.1) is 0 Å². The number of hydrogen-bond acceptors (Lipinski definition) is 3. The number of rotatable bonds is 3. The second-order valence-electron chi connectivity index (χ2n) is 3.85. The molecule has 2 aromatic rings. The number of nitrogens with zero attached hydrogens (tertiary/aromatic N) is 3. The molecule has 0 amide bonds. The second-order valence-corrected chi connectivity index (χ2v) is 3.85. The molecule has 0 fully saturated rings. The Balaban J connectivity index is 2.42. The Bertz CT molecular complexity index is 613. The van der Waals surface area contributed by atoms with Gasteiger partial charge in [-0.25, -0.2) is 9.37 Å². The Morgan fingerprint density at radius 1 is 1.50 bits per heavy atom. The van der Waals surface area contributed by atoms with E-state index in [9.17, 15) is 4.39 Å². The molecule has 0 aliphatic rings. The molecular weight excluding hydrogens is 233 g/mol. The van der Waals surface area contributed by atoms with Crippen molar-refractivity contribution in [3.63, 3.8) is 0 Å². The van der Waals surface area contributed by atoms with Crippen LogP contribution in [-0.4, -0.2) is 16.7 Å².